The summed E-state index contributed by atoms with van der Waals surface area (Å²) in [6, 6.07) is 15.1. The van der Waals surface area contributed by atoms with Gasteiger partial charge in [0.05, 0.1) is 6.61 Å². The largest absolute Gasteiger partial charge is 0.384 e. The van der Waals surface area contributed by atoms with Crippen molar-refractivity contribution in [1.29, 1.82) is 0 Å². The summed E-state index contributed by atoms with van der Waals surface area (Å²) >= 11 is 0. The van der Waals surface area contributed by atoms with Gasteiger partial charge in [-0.2, -0.15) is 0 Å². The van der Waals surface area contributed by atoms with Crippen LogP contribution in [-0.2, 0) is 17.7 Å². The van der Waals surface area contributed by atoms with E-state index in [1.165, 1.54) is 27.8 Å². The van der Waals surface area contributed by atoms with E-state index in [2.05, 4.69) is 49.4 Å². The molecule has 0 fully saturated rings. The van der Waals surface area contributed by atoms with Crippen LogP contribution in [0.2, 0.25) is 0 Å². The van der Waals surface area contributed by atoms with Crippen molar-refractivity contribution < 1.29 is 4.74 Å². The van der Waals surface area contributed by atoms with E-state index in [0.717, 1.165) is 13.0 Å². The highest BCUT2D eigenvalue weighted by atomic mass is 16.5. The average Bonchev–Trinajstić information content (AvgIpc) is 2.45. The molecule has 2 heteroatoms. The molecule has 100 valence electrons. The standard InChI is InChI=1S/C17H21NO/c1-13-3-6-16(12-18)17(11-13)15-7-4-14(5-8-15)9-10-19-2/h3-8,11H,9-10,12,18H2,1-2H3. The molecule has 0 atom stereocenters. The molecule has 0 saturated heterocycles. The van der Waals surface area contributed by atoms with Crippen LogP contribution in [0.4, 0.5) is 0 Å². The summed E-state index contributed by atoms with van der Waals surface area (Å²) in [5.74, 6) is 0. The Bertz CT molecular complexity index is 531. The number of nitrogens with two attached hydrogens (primary N) is 1. The molecule has 2 aromatic rings. The van der Waals surface area contributed by atoms with Gasteiger partial charge in [0.1, 0.15) is 0 Å². The van der Waals surface area contributed by atoms with Crippen molar-refractivity contribution in [2.45, 2.75) is 19.9 Å². The van der Waals surface area contributed by atoms with E-state index in [9.17, 15) is 0 Å². The van der Waals surface area contributed by atoms with Crippen LogP contribution in [-0.4, -0.2) is 13.7 Å². The monoisotopic (exact) mass is 255 g/mol. The minimum Gasteiger partial charge on any atom is -0.384 e. The maximum absolute atomic E-state index is 5.82. The van der Waals surface area contributed by atoms with E-state index < -0.39 is 0 Å². The van der Waals surface area contributed by atoms with Gasteiger partial charge in [0, 0.05) is 13.7 Å². The number of aryl methyl sites for hydroxylation is 1. The lowest BCUT2D eigenvalue weighted by Gasteiger charge is -2.10. The molecule has 0 amide bonds. The predicted molar refractivity (Wildman–Crippen MR) is 80.1 cm³/mol. The first-order valence-electron chi connectivity index (χ1n) is 6.62. The van der Waals surface area contributed by atoms with Gasteiger partial charge in [-0.1, -0.05) is 48.0 Å². The first kappa shape index (κ1) is 13.8. The maximum Gasteiger partial charge on any atom is 0.0502 e. The Morgan fingerprint density at radius 2 is 1.79 bits per heavy atom. The number of hydrogen-bond acceptors (Lipinski definition) is 2. The van der Waals surface area contributed by atoms with E-state index >= 15 is 0 Å². The van der Waals surface area contributed by atoms with Crippen molar-refractivity contribution in [3.8, 4) is 11.1 Å². The normalized spacial score (nSPS) is 10.7. The maximum atomic E-state index is 5.82. The van der Waals surface area contributed by atoms with Crippen molar-refractivity contribution in [3.05, 3.63) is 59.2 Å². The van der Waals surface area contributed by atoms with Crippen LogP contribution in [0.15, 0.2) is 42.5 Å². The van der Waals surface area contributed by atoms with Gasteiger partial charge < -0.3 is 10.5 Å². The molecule has 0 spiro atoms. The molecule has 0 aromatic heterocycles. The molecular weight excluding hydrogens is 234 g/mol. The smallest absolute Gasteiger partial charge is 0.0502 e. The third-order valence-corrected chi connectivity index (χ3v) is 3.35. The van der Waals surface area contributed by atoms with Crippen molar-refractivity contribution in [3.63, 3.8) is 0 Å². The molecule has 0 unspecified atom stereocenters. The van der Waals surface area contributed by atoms with Crippen LogP contribution < -0.4 is 5.73 Å². The molecule has 0 aliphatic heterocycles. The molecule has 0 radical (unpaired) electrons. The molecule has 0 saturated carbocycles. The second-order valence-electron chi connectivity index (χ2n) is 4.80. The van der Waals surface area contributed by atoms with Crippen LogP contribution in [0.3, 0.4) is 0 Å². The van der Waals surface area contributed by atoms with Crippen LogP contribution >= 0.6 is 0 Å². The summed E-state index contributed by atoms with van der Waals surface area (Å²) in [5.41, 5.74) is 12.0. The second-order valence-corrected chi connectivity index (χ2v) is 4.80. The summed E-state index contributed by atoms with van der Waals surface area (Å²) in [6.07, 6.45) is 0.953. The molecule has 0 heterocycles. The predicted octanol–water partition coefficient (Wildman–Crippen LogP) is 3.31. The lowest BCUT2D eigenvalue weighted by molar-refractivity contribution is 0.202. The van der Waals surface area contributed by atoms with Crippen LogP contribution in [0, 0.1) is 6.92 Å². The first-order valence-corrected chi connectivity index (χ1v) is 6.62. The Morgan fingerprint density at radius 3 is 2.42 bits per heavy atom. The highest BCUT2D eigenvalue weighted by Crippen LogP contribution is 2.25. The highest BCUT2D eigenvalue weighted by Gasteiger charge is 2.04. The third kappa shape index (κ3) is 3.43. The van der Waals surface area contributed by atoms with E-state index in [0.29, 0.717) is 6.54 Å². The molecule has 0 aliphatic rings. The van der Waals surface area contributed by atoms with Gasteiger partial charge in [0.25, 0.3) is 0 Å². The molecule has 2 N–H and O–H groups in total. The summed E-state index contributed by atoms with van der Waals surface area (Å²) in [6.45, 7) is 3.44. The Balaban J connectivity index is 2.29. The number of ether oxygens (including phenoxy) is 1. The number of benzene rings is 2. The third-order valence-electron chi connectivity index (χ3n) is 3.35. The van der Waals surface area contributed by atoms with Crippen molar-refractivity contribution in [1.82, 2.24) is 0 Å². The molecule has 0 aliphatic carbocycles. The van der Waals surface area contributed by atoms with Gasteiger partial charge in [0.15, 0.2) is 0 Å². The van der Waals surface area contributed by atoms with Crippen molar-refractivity contribution in [2.24, 2.45) is 5.73 Å². The van der Waals surface area contributed by atoms with E-state index in [1.807, 2.05) is 0 Å². The van der Waals surface area contributed by atoms with Gasteiger partial charge in [-0.05, 0) is 35.6 Å². The Labute approximate surface area is 115 Å². The number of hydrogen-bond donors (Lipinski definition) is 1. The van der Waals surface area contributed by atoms with E-state index in [1.54, 1.807) is 7.11 Å². The zero-order chi connectivity index (χ0) is 13.7. The van der Waals surface area contributed by atoms with Crippen LogP contribution in [0.25, 0.3) is 11.1 Å². The highest BCUT2D eigenvalue weighted by molar-refractivity contribution is 5.68. The zero-order valence-corrected chi connectivity index (χ0v) is 11.6. The summed E-state index contributed by atoms with van der Waals surface area (Å²) in [7, 11) is 1.73. The molecule has 2 aromatic carbocycles. The molecule has 2 nitrogen and oxygen atoms in total. The van der Waals surface area contributed by atoms with Crippen molar-refractivity contribution in [2.75, 3.05) is 13.7 Å². The van der Waals surface area contributed by atoms with Gasteiger partial charge >= 0.3 is 0 Å². The van der Waals surface area contributed by atoms with Gasteiger partial charge in [0.2, 0.25) is 0 Å². The summed E-state index contributed by atoms with van der Waals surface area (Å²) in [4.78, 5) is 0. The summed E-state index contributed by atoms with van der Waals surface area (Å²) < 4.78 is 5.10. The topological polar surface area (TPSA) is 35.2 Å². The minimum absolute atomic E-state index is 0.570. The Kier molecular flexibility index (Phi) is 4.72. The lowest BCUT2D eigenvalue weighted by atomic mass is 9.96. The molecule has 2 rings (SSSR count). The molecule has 19 heavy (non-hydrogen) atoms. The van der Waals surface area contributed by atoms with Gasteiger partial charge in [-0.3, -0.25) is 0 Å². The second kappa shape index (κ2) is 6.50. The average molecular weight is 255 g/mol. The van der Waals surface area contributed by atoms with Gasteiger partial charge in [-0.25, -0.2) is 0 Å². The molecular formula is C17H21NO. The van der Waals surface area contributed by atoms with Gasteiger partial charge in [-0.15, -0.1) is 0 Å². The van der Waals surface area contributed by atoms with E-state index in [-0.39, 0.29) is 0 Å². The Hall–Kier alpha value is -1.64. The zero-order valence-electron chi connectivity index (χ0n) is 11.6. The Morgan fingerprint density at radius 1 is 1.05 bits per heavy atom. The van der Waals surface area contributed by atoms with E-state index in [4.69, 9.17) is 10.5 Å². The fraction of sp³-hybridized carbons (Fsp3) is 0.294. The SMILES string of the molecule is COCCc1ccc(-c2cc(C)ccc2CN)cc1. The fourth-order valence-electron chi connectivity index (χ4n) is 2.21. The van der Waals surface area contributed by atoms with Crippen molar-refractivity contribution >= 4 is 0 Å². The van der Waals surface area contributed by atoms with Crippen LogP contribution in [0.5, 0.6) is 0 Å². The fourth-order valence-corrected chi connectivity index (χ4v) is 2.21. The number of rotatable bonds is 5. The lowest BCUT2D eigenvalue weighted by Crippen LogP contribution is -1.99. The first-order chi connectivity index (χ1) is 9.24. The number of methoxy groups -OCH3 is 1. The summed E-state index contributed by atoms with van der Waals surface area (Å²) in [5, 5.41) is 0. The quantitative estimate of drug-likeness (QED) is 0.889. The van der Waals surface area contributed by atoms with Crippen LogP contribution in [0.1, 0.15) is 16.7 Å². The minimum atomic E-state index is 0.570. The molecule has 0 bridgehead atoms.